The molecule has 0 spiro atoms. The average molecular weight is 245 g/mol. The van der Waals surface area contributed by atoms with Gasteiger partial charge in [0.15, 0.2) is 0 Å². The van der Waals surface area contributed by atoms with Gasteiger partial charge in [0, 0.05) is 38.1 Å². The molecule has 18 heavy (non-hydrogen) atoms. The van der Waals surface area contributed by atoms with Crippen LogP contribution in [0.5, 0.6) is 0 Å². The maximum Gasteiger partial charge on any atom is 0.253 e. The minimum Gasteiger partial charge on any atom is -0.397 e. The minimum absolute atomic E-state index is 0.183. The molecule has 0 bridgehead atoms. The molecule has 1 amide bonds. The smallest absolute Gasteiger partial charge is 0.253 e. The summed E-state index contributed by atoms with van der Waals surface area (Å²) >= 11 is 0. The van der Waals surface area contributed by atoms with Crippen LogP contribution in [0.15, 0.2) is 30.7 Å². The number of nitrogens with zero attached hydrogens (tertiary/aromatic N) is 3. The fourth-order valence-electron chi connectivity index (χ4n) is 1.66. The van der Waals surface area contributed by atoms with E-state index in [-0.39, 0.29) is 5.91 Å². The molecule has 0 saturated heterocycles. The van der Waals surface area contributed by atoms with Crippen molar-refractivity contribution in [2.24, 2.45) is 7.05 Å². The Morgan fingerprint density at radius 3 is 2.94 bits per heavy atom. The lowest BCUT2D eigenvalue weighted by molar-refractivity contribution is 0.0954. The number of pyridine rings is 1. The molecular formula is C12H15N5O. The third kappa shape index (κ3) is 2.65. The number of carbonyl (C=O) groups is 1. The molecule has 6 nitrogen and oxygen atoms in total. The summed E-state index contributed by atoms with van der Waals surface area (Å²) in [5.41, 5.74) is 7.58. The van der Waals surface area contributed by atoms with Crippen LogP contribution in [0.3, 0.4) is 0 Å². The number of amides is 1. The normalized spacial score (nSPS) is 10.3. The zero-order valence-corrected chi connectivity index (χ0v) is 10.1. The van der Waals surface area contributed by atoms with Crippen molar-refractivity contribution in [2.75, 3.05) is 12.3 Å². The van der Waals surface area contributed by atoms with E-state index in [1.165, 1.54) is 6.20 Å². The zero-order valence-electron chi connectivity index (χ0n) is 10.1. The highest BCUT2D eigenvalue weighted by Gasteiger charge is 2.08. The van der Waals surface area contributed by atoms with Crippen LogP contribution in [0.1, 0.15) is 16.1 Å². The van der Waals surface area contributed by atoms with Gasteiger partial charge < -0.3 is 11.1 Å². The highest BCUT2D eigenvalue weighted by molar-refractivity contribution is 5.98. The van der Waals surface area contributed by atoms with Crippen molar-refractivity contribution < 1.29 is 4.79 Å². The van der Waals surface area contributed by atoms with E-state index in [0.29, 0.717) is 17.8 Å². The van der Waals surface area contributed by atoms with E-state index < -0.39 is 0 Å². The predicted octanol–water partition coefficient (Wildman–Crippen LogP) is 0.370. The van der Waals surface area contributed by atoms with Gasteiger partial charge in [0.2, 0.25) is 0 Å². The summed E-state index contributed by atoms with van der Waals surface area (Å²) in [6.07, 6.45) is 5.48. The van der Waals surface area contributed by atoms with E-state index in [1.54, 1.807) is 23.1 Å². The van der Waals surface area contributed by atoms with Gasteiger partial charge in [-0.25, -0.2) is 0 Å². The maximum absolute atomic E-state index is 11.8. The van der Waals surface area contributed by atoms with Crippen LogP contribution in [0.2, 0.25) is 0 Å². The number of hydrogen-bond donors (Lipinski definition) is 2. The first-order valence-corrected chi connectivity index (χ1v) is 5.63. The molecule has 0 fully saturated rings. The van der Waals surface area contributed by atoms with Crippen molar-refractivity contribution in [2.45, 2.75) is 6.42 Å². The molecule has 0 unspecified atom stereocenters. The number of nitrogens with one attached hydrogen (secondary N) is 1. The number of aromatic nitrogens is 3. The summed E-state index contributed by atoms with van der Waals surface area (Å²) in [6, 6.07) is 3.53. The number of rotatable bonds is 4. The minimum atomic E-state index is -0.183. The quantitative estimate of drug-likeness (QED) is 0.814. The van der Waals surface area contributed by atoms with Crippen molar-refractivity contribution >= 4 is 11.6 Å². The van der Waals surface area contributed by atoms with Crippen molar-refractivity contribution in [3.05, 3.63) is 42.0 Å². The van der Waals surface area contributed by atoms with Crippen LogP contribution in [-0.4, -0.2) is 27.2 Å². The largest absolute Gasteiger partial charge is 0.397 e. The summed E-state index contributed by atoms with van der Waals surface area (Å²) in [4.78, 5) is 15.7. The topological polar surface area (TPSA) is 85.8 Å². The summed E-state index contributed by atoms with van der Waals surface area (Å²) in [6.45, 7) is 0.542. The van der Waals surface area contributed by atoms with Crippen molar-refractivity contribution in [1.29, 1.82) is 0 Å². The second-order valence-corrected chi connectivity index (χ2v) is 3.91. The standard InChI is InChI=1S/C12H15N5O/c1-17-9(3-7-16-17)2-6-15-12(18)10-4-5-14-8-11(10)13/h3-5,7-8H,2,6,13H2,1H3,(H,15,18). The molecule has 2 aromatic heterocycles. The third-order valence-corrected chi connectivity index (χ3v) is 2.69. The van der Waals surface area contributed by atoms with Gasteiger partial charge in [0.25, 0.3) is 5.91 Å². The van der Waals surface area contributed by atoms with Gasteiger partial charge >= 0.3 is 0 Å². The van der Waals surface area contributed by atoms with Gasteiger partial charge in [-0.3, -0.25) is 14.5 Å². The first kappa shape index (κ1) is 12.1. The summed E-state index contributed by atoms with van der Waals surface area (Å²) in [7, 11) is 1.87. The van der Waals surface area contributed by atoms with E-state index in [0.717, 1.165) is 12.1 Å². The number of carbonyl (C=O) groups excluding carboxylic acids is 1. The molecule has 0 aromatic carbocycles. The van der Waals surface area contributed by atoms with Gasteiger partial charge in [-0.1, -0.05) is 0 Å². The van der Waals surface area contributed by atoms with Gasteiger partial charge in [-0.05, 0) is 12.1 Å². The Kier molecular flexibility index (Phi) is 3.57. The SMILES string of the molecule is Cn1nccc1CCNC(=O)c1ccncc1N. The van der Waals surface area contributed by atoms with Crippen molar-refractivity contribution in [1.82, 2.24) is 20.1 Å². The molecule has 0 atom stereocenters. The molecule has 0 aliphatic carbocycles. The lowest BCUT2D eigenvalue weighted by Gasteiger charge is -2.07. The molecule has 94 valence electrons. The molecule has 2 rings (SSSR count). The zero-order chi connectivity index (χ0) is 13.0. The van der Waals surface area contributed by atoms with E-state index in [4.69, 9.17) is 5.73 Å². The first-order chi connectivity index (χ1) is 8.68. The Labute approximate surface area is 105 Å². The fraction of sp³-hybridized carbons (Fsp3) is 0.250. The average Bonchev–Trinajstić information content (AvgIpc) is 2.75. The Bertz CT molecular complexity index is 549. The van der Waals surface area contributed by atoms with Gasteiger partial charge in [0.05, 0.1) is 17.4 Å². The molecule has 3 N–H and O–H groups in total. The van der Waals surface area contributed by atoms with Crippen LogP contribution in [0.4, 0.5) is 5.69 Å². The Morgan fingerprint density at radius 1 is 1.44 bits per heavy atom. The maximum atomic E-state index is 11.8. The number of aryl methyl sites for hydroxylation is 1. The highest BCUT2D eigenvalue weighted by Crippen LogP contribution is 2.07. The molecule has 0 aliphatic heterocycles. The number of hydrogen-bond acceptors (Lipinski definition) is 4. The van der Waals surface area contributed by atoms with Crippen molar-refractivity contribution in [3.63, 3.8) is 0 Å². The Morgan fingerprint density at radius 2 is 2.28 bits per heavy atom. The van der Waals surface area contributed by atoms with E-state index in [1.807, 2.05) is 13.1 Å². The highest BCUT2D eigenvalue weighted by atomic mass is 16.1. The van der Waals surface area contributed by atoms with Gasteiger partial charge in [-0.2, -0.15) is 5.10 Å². The third-order valence-electron chi connectivity index (χ3n) is 2.69. The van der Waals surface area contributed by atoms with E-state index >= 15 is 0 Å². The molecular weight excluding hydrogens is 230 g/mol. The van der Waals surface area contributed by atoms with Gasteiger partial charge in [0.1, 0.15) is 0 Å². The lowest BCUT2D eigenvalue weighted by atomic mass is 10.2. The Hall–Kier alpha value is -2.37. The van der Waals surface area contributed by atoms with E-state index in [2.05, 4.69) is 15.4 Å². The van der Waals surface area contributed by atoms with Crippen LogP contribution in [0, 0.1) is 0 Å². The fourth-order valence-corrected chi connectivity index (χ4v) is 1.66. The van der Waals surface area contributed by atoms with Crippen LogP contribution in [0.25, 0.3) is 0 Å². The molecule has 0 aliphatic rings. The summed E-state index contributed by atoms with van der Waals surface area (Å²) < 4.78 is 1.78. The van der Waals surface area contributed by atoms with Crippen molar-refractivity contribution in [3.8, 4) is 0 Å². The molecule has 2 heterocycles. The van der Waals surface area contributed by atoms with E-state index in [9.17, 15) is 4.79 Å². The number of anilines is 1. The van der Waals surface area contributed by atoms with Crippen LogP contribution >= 0.6 is 0 Å². The summed E-state index contributed by atoms with van der Waals surface area (Å²) in [5, 5.41) is 6.88. The monoisotopic (exact) mass is 245 g/mol. The molecule has 6 heteroatoms. The second kappa shape index (κ2) is 5.31. The Balaban J connectivity index is 1.90. The molecule has 0 saturated carbocycles. The van der Waals surface area contributed by atoms with Crippen LogP contribution < -0.4 is 11.1 Å². The lowest BCUT2D eigenvalue weighted by Crippen LogP contribution is -2.27. The molecule has 2 aromatic rings. The molecule has 0 radical (unpaired) electrons. The predicted molar refractivity (Wildman–Crippen MR) is 67.9 cm³/mol. The first-order valence-electron chi connectivity index (χ1n) is 5.63. The summed E-state index contributed by atoms with van der Waals surface area (Å²) in [5.74, 6) is -0.183. The second-order valence-electron chi connectivity index (χ2n) is 3.91. The number of nitrogens with two attached hydrogens (primary N) is 1. The number of nitrogen functional groups attached to an aromatic ring is 1. The van der Waals surface area contributed by atoms with Gasteiger partial charge in [-0.15, -0.1) is 0 Å². The van der Waals surface area contributed by atoms with Crippen LogP contribution in [-0.2, 0) is 13.5 Å².